The second kappa shape index (κ2) is 32.0. The third kappa shape index (κ3) is 12.3. The highest BCUT2D eigenvalue weighted by Crippen LogP contribution is 2.67. The van der Waals surface area contributed by atoms with Crippen LogP contribution < -0.4 is 127 Å². The van der Waals surface area contributed by atoms with Gasteiger partial charge in [-0.25, -0.2) is 0 Å². The summed E-state index contributed by atoms with van der Waals surface area (Å²) in [6, 6.07) is 136. The summed E-state index contributed by atoms with van der Waals surface area (Å²) >= 11 is 33.0. The molecule has 0 saturated heterocycles. The third-order valence-corrected chi connectivity index (χ3v) is 52.8. The van der Waals surface area contributed by atoms with Crippen LogP contribution in [0, 0.1) is 0 Å². The zero-order chi connectivity index (χ0) is 94.2. The van der Waals surface area contributed by atoms with Crippen LogP contribution in [0.1, 0.15) is 0 Å². The van der Waals surface area contributed by atoms with Gasteiger partial charge in [-0.15, -0.1) is 0 Å². The average molecular weight is 2010 g/mol. The Balaban J connectivity index is 0.0000000851. The minimum atomic E-state index is -2.42. The van der Waals surface area contributed by atoms with Gasteiger partial charge in [-0.3, -0.25) is 0 Å². The summed E-state index contributed by atoms with van der Waals surface area (Å²) in [5.74, 6) is 16.9. The lowest BCUT2D eigenvalue weighted by atomic mass is 10.1. The molecule has 0 aromatic heterocycles. The lowest BCUT2D eigenvalue weighted by Crippen LogP contribution is -2.35. The number of ether oxygens (including phenoxy) is 10. The van der Waals surface area contributed by atoms with Crippen LogP contribution in [0.15, 0.2) is 431 Å². The van der Waals surface area contributed by atoms with E-state index in [2.05, 4.69) is 303 Å². The van der Waals surface area contributed by atoms with Crippen LogP contribution in [0.5, 0.6) is 115 Å². The topological polar surface area (TPSA) is 92.3 Å². The van der Waals surface area contributed by atoms with E-state index in [1.165, 1.54) is 48.5 Å². The Labute approximate surface area is 840 Å². The van der Waals surface area contributed by atoms with E-state index >= 15 is 0 Å². The molecule has 10 aliphatic rings. The SMILES string of the molecule is S=P12c3c(cccc3Oc3ccc4ccccc4c31)Oc1ccc3ccccc3c12.S=P12c3cc4ccccc4cc3Oc3cccc(c31)Oc1cc3ccccc3cc12.S=P12c3cc4ccccc4cc3Oc3cccc(c31)Oc1ccc3ccccc3c12.S=P12c3ccc4ccccc4c3Oc3cccc(c31)Oc1c2ccc2ccccc12.S=P12c3ccccc3Oc3cccc(c31)Oc1ccccc12. The second-order valence-corrected chi connectivity index (χ2v) is 57.4. The van der Waals surface area contributed by atoms with Gasteiger partial charge in [0.1, 0.15) is 115 Å². The van der Waals surface area contributed by atoms with Crippen molar-refractivity contribution in [2.24, 2.45) is 0 Å². The molecule has 0 spiro atoms. The zero-order valence-corrected chi connectivity index (χ0v) is 83.4. The van der Waals surface area contributed by atoms with Gasteiger partial charge in [-0.1, -0.05) is 338 Å². The number of rotatable bonds is 0. The maximum atomic E-state index is 6.76. The van der Waals surface area contributed by atoms with Gasteiger partial charge in [-0.2, -0.15) is 0 Å². The summed E-state index contributed by atoms with van der Waals surface area (Å²) < 4.78 is 63.5. The zero-order valence-electron chi connectivity index (χ0n) is 74.9. The van der Waals surface area contributed by atoms with Crippen LogP contribution in [-0.2, 0) is 59.0 Å². The summed E-state index contributed by atoms with van der Waals surface area (Å²) in [7, 11) is 0. The van der Waals surface area contributed by atoms with Crippen molar-refractivity contribution in [3.8, 4) is 115 Å². The van der Waals surface area contributed by atoms with Crippen LogP contribution in [0.3, 0.4) is 0 Å². The predicted octanol–water partition coefficient (Wildman–Crippen LogP) is 27.5. The fourth-order valence-electron chi connectivity index (χ4n) is 22.2. The smallest absolute Gasteiger partial charge is 0.144 e. The Bertz CT molecular complexity index is 9430. The molecule has 20 heteroatoms. The Morgan fingerprint density at radius 2 is 0.324 bits per heavy atom. The molecule has 0 N–H and O–H groups in total. The van der Waals surface area contributed by atoms with Gasteiger partial charge in [0.25, 0.3) is 0 Å². The van der Waals surface area contributed by atoms with Crippen LogP contribution >= 0.6 is 30.2 Å². The number of hydrogen-bond acceptors (Lipinski definition) is 15. The van der Waals surface area contributed by atoms with Crippen LogP contribution in [0.2, 0.25) is 0 Å². The molecule has 10 heterocycles. The third-order valence-electron chi connectivity index (χ3n) is 28.4. The van der Waals surface area contributed by atoms with Crippen LogP contribution in [0.25, 0.3) is 86.2 Å². The molecule has 142 heavy (non-hydrogen) atoms. The fourth-order valence-corrected chi connectivity index (χ4v) is 45.6. The van der Waals surface area contributed by atoms with E-state index in [-0.39, 0.29) is 0 Å². The number of fused-ring (bicyclic) bond motifs is 33. The first-order valence-electron chi connectivity index (χ1n) is 46.6. The van der Waals surface area contributed by atoms with Gasteiger partial charge in [0.2, 0.25) is 0 Å². The summed E-state index contributed by atoms with van der Waals surface area (Å²) in [6.45, 7) is 0. The Hall–Kier alpha value is -14.6. The molecule has 10 nitrogen and oxygen atoms in total. The maximum absolute atomic E-state index is 6.76. The van der Waals surface area contributed by atoms with E-state index in [1.54, 1.807) is 0 Å². The predicted molar refractivity (Wildman–Crippen MR) is 603 cm³/mol. The van der Waals surface area contributed by atoms with Crippen molar-refractivity contribution < 1.29 is 47.4 Å². The molecule has 10 aliphatic heterocycles. The first-order chi connectivity index (χ1) is 69.7. The highest BCUT2D eigenvalue weighted by molar-refractivity contribution is 8.28. The van der Waals surface area contributed by atoms with Crippen molar-refractivity contribution in [1.82, 2.24) is 0 Å². The molecular weight excluding hydrogens is 1940 g/mol. The fraction of sp³-hybridized carbons (Fsp3) is 0. The van der Waals surface area contributed by atoms with E-state index in [4.69, 9.17) is 106 Å². The van der Waals surface area contributed by atoms with Gasteiger partial charge in [0.15, 0.2) is 0 Å². The Kier molecular flexibility index (Phi) is 19.0. The van der Waals surface area contributed by atoms with Crippen molar-refractivity contribution in [3.05, 3.63) is 431 Å². The lowest BCUT2D eigenvalue weighted by Gasteiger charge is -2.38. The summed E-state index contributed by atoms with van der Waals surface area (Å²) in [5.41, 5.74) is 0. The highest BCUT2D eigenvalue weighted by atomic mass is 32.5. The molecule has 1 unspecified atom stereocenters. The molecule has 0 aliphatic carbocycles. The second-order valence-electron chi connectivity index (χ2n) is 36.2. The molecule has 23 aromatic carbocycles. The molecule has 0 saturated carbocycles. The van der Waals surface area contributed by atoms with E-state index in [0.717, 1.165) is 232 Å². The summed E-state index contributed by atoms with van der Waals surface area (Å²) in [6.07, 6.45) is 0. The van der Waals surface area contributed by atoms with Crippen molar-refractivity contribution in [2.75, 3.05) is 0 Å². The van der Waals surface area contributed by atoms with E-state index in [1.807, 2.05) is 127 Å². The monoisotopic (exact) mass is 2010 g/mol. The molecule has 0 bridgehead atoms. The molecular formula is C122H71O10P5S5. The quantitative estimate of drug-likeness (QED) is 0.135. The minimum absolute atomic E-state index is 0.817. The summed E-state index contributed by atoms with van der Waals surface area (Å²) in [4.78, 5) is 0. The first-order valence-corrected chi connectivity index (χ1v) is 60.6. The van der Waals surface area contributed by atoms with Gasteiger partial charge < -0.3 is 47.4 Å². The highest BCUT2D eigenvalue weighted by Gasteiger charge is 2.50. The molecule has 0 radical (unpaired) electrons. The van der Waals surface area contributed by atoms with Gasteiger partial charge in [-0.05, 0) is 227 Å². The normalized spacial score (nSPS) is 15.7. The number of para-hydroxylation sites is 2. The first kappa shape index (κ1) is 84.3. The average Bonchev–Trinajstić information content (AvgIpc) is 0.551. The molecule has 23 aromatic rings. The van der Waals surface area contributed by atoms with Gasteiger partial charge >= 0.3 is 0 Å². The maximum Gasteiger partial charge on any atom is 0.144 e. The van der Waals surface area contributed by atoms with Gasteiger partial charge in [0.05, 0.1) is 56.7 Å². The Morgan fingerprint density at radius 3 is 0.662 bits per heavy atom. The molecule has 0 fully saturated rings. The number of hydrogen-bond donors (Lipinski definition) is 0. The van der Waals surface area contributed by atoms with Crippen molar-refractivity contribution >= 4 is 255 Å². The number of benzene rings is 23. The van der Waals surface area contributed by atoms with Crippen LogP contribution in [0.4, 0.5) is 0 Å². The van der Waals surface area contributed by atoms with E-state index < -0.39 is 30.2 Å². The van der Waals surface area contributed by atoms with Crippen molar-refractivity contribution in [2.45, 2.75) is 0 Å². The largest absolute Gasteiger partial charge is 0.456 e. The van der Waals surface area contributed by atoms with E-state index in [9.17, 15) is 0 Å². The standard InChI is InChI=1S/4C26H15O2PS.C18H11O2PS/c30-29-24-14-18-8-3-1-6-16(18)12-22(24)27-20-10-5-11-21(26(20)29)28-23-13-17-7-2-4-9-19(17)15-25(23)29;30-29-22-14-12-16-6-1-3-8-18(16)24(22)27-20-10-5-11-21(26(20)29)28-25-19-9-4-2-7-17(19)13-15-23(25)29;30-29-24-18-8-3-1-6-16(18)12-14-22(24)27-20-10-5-11-21(26(20)29)28-23-15-13-17-7-2-4-9-19(17)25(23)29;30-29-24-15-18-8-2-1-7-17(18)14-23(24)28-21-11-5-10-20(26(21)29)27-22-13-12-16-6-3-4-9-19(16)25(22)29;22-21-16-10-3-1-6-12(16)19-14-8-5-9-15(18(14)21)20-13-7-2-4-11-17(13)21/h4*1-15H;1-11H. The molecule has 33 rings (SSSR count). The molecule has 1 atom stereocenters. The summed E-state index contributed by atoms with van der Waals surface area (Å²) in [5, 5.41) is 34.9. The van der Waals surface area contributed by atoms with Crippen LogP contribution in [-0.4, -0.2) is 0 Å². The van der Waals surface area contributed by atoms with E-state index in [0.29, 0.717) is 0 Å². The van der Waals surface area contributed by atoms with Gasteiger partial charge in [0, 0.05) is 63.8 Å². The lowest BCUT2D eigenvalue weighted by molar-refractivity contribution is 0.466. The Morgan fingerprint density at radius 1 is 0.120 bits per heavy atom. The molecule has 0 amide bonds. The molecule has 674 valence electrons. The van der Waals surface area contributed by atoms with Crippen molar-refractivity contribution in [3.63, 3.8) is 0 Å². The minimum Gasteiger partial charge on any atom is -0.456 e. The van der Waals surface area contributed by atoms with Crippen molar-refractivity contribution in [1.29, 1.82) is 0 Å².